The van der Waals surface area contributed by atoms with E-state index in [1.54, 1.807) is 6.07 Å². The van der Waals surface area contributed by atoms with Crippen LogP contribution in [0.15, 0.2) is 29.3 Å². The molecule has 2 aromatic rings. The summed E-state index contributed by atoms with van der Waals surface area (Å²) < 4.78 is 1.42. The van der Waals surface area contributed by atoms with E-state index in [2.05, 4.69) is 26.9 Å². The van der Waals surface area contributed by atoms with E-state index in [4.69, 9.17) is 0 Å². The van der Waals surface area contributed by atoms with Crippen LogP contribution in [0, 0.1) is 6.92 Å². The van der Waals surface area contributed by atoms with Crippen molar-refractivity contribution in [2.75, 3.05) is 0 Å². The van der Waals surface area contributed by atoms with Gasteiger partial charge in [-0.05, 0) is 38.7 Å². The second-order valence-electron chi connectivity index (χ2n) is 8.02. The van der Waals surface area contributed by atoms with Gasteiger partial charge in [0.25, 0.3) is 5.56 Å². The van der Waals surface area contributed by atoms with E-state index in [0.717, 1.165) is 42.9 Å². The molecule has 4 heterocycles. The number of fused-ring (bicyclic) bond motifs is 2. The van der Waals surface area contributed by atoms with Crippen molar-refractivity contribution in [3.8, 4) is 0 Å². The Kier molecular flexibility index (Phi) is 4.82. The van der Waals surface area contributed by atoms with Crippen molar-refractivity contribution >= 4 is 0 Å². The molecule has 4 rings (SSSR count). The molecule has 2 aliphatic heterocycles. The second kappa shape index (κ2) is 7.13. The van der Waals surface area contributed by atoms with Crippen molar-refractivity contribution in [2.45, 2.75) is 76.7 Å². The normalized spacial score (nSPS) is 27.8. The van der Waals surface area contributed by atoms with Crippen LogP contribution in [0.1, 0.15) is 49.7 Å². The first kappa shape index (κ1) is 18.3. The number of aliphatic hydroxyl groups is 1. The summed E-state index contributed by atoms with van der Waals surface area (Å²) in [5.74, 6) is 0.867. The number of hydrogen-bond donors (Lipinski definition) is 1. The summed E-state index contributed by atoms with van der Waals surface area (Å²) in [6.07, 6.45) is 8.17. The Bertz CT molecular complexity index is 849. The Morgan fingerprint density at radius 1 is 1.19 bits per heavy atom. The molecule has 0 aromatic carbocycles. The molecule has 2 atom stereocenters. The first-order valence-corrected chi connectivity index (χ1v) is 9.78. The van der Waals surface area contributed by atoms with Gasteiger partial charge < -0.3 is 5.11 Å². The topological polar surface area (TPSA) is 84.1 Å². The molecular formula is C20H27N5O2. The highest BCUT2D eigenvalue weighted by molar-refractivity contribution is 5.10. The molecule has 144 valence electrons. The smallest absolute Gasteiger partial charge is 0.266 e. The van der Waals surface area contributed by atoms with Crippen molar-refractivity contribution in [3.63, 3.8) is 0 Å². The fraction of sp³-hybridized carbons (Fsp3) is 0.600. The lowest BCUT2D eigenvalue weighted by molar-refractivity contribution is -0.0678. The molecule has 27 heavy (non-hydrogen) atoms. The molecule has 2 fully saturated rings. The minimum Gasteiger partial charge on any atom is -0.388 e. The molecule has 0 aliphatic carbocycles. The first-order valence-electron chi connectivity index (χ1n) is 9.78. The lowest BCUT2D eigenvalue weighted by Crippen LogP contribution is -2.53. The summed E-state index contributed by atoms with van der Waals surface area (Å²) in [7, 11) is 0. The van der Waals surface area contributed by atoms with Gasteiger partial charge >= 0.3 is 0 Å². The number of piperidine rings is 1. The molecule has 2 saturated heterocycles. The number of hydrogen-bond acceptors (Lipinski definition) is 6. The Morgan fingerprint density at radius 2 is 1.85 bits per heavy atom. The molecule has 7 heteroatoms. The summed E-state index contributed by atoms with van der Waals surface area (Å²) >= 11 is 0. The number of aryl methyl sites for hydroxylation is 2. The van der Waals surface area contributed by atoms with E-state index >= 15 is 0 Å². The Balaban J connectivity index is 1.47. The Hall–Kier alpha value is -2.12. The van der Waals surface area contributed by atoms with Gasteiger partial charge in [0, 0.05) is 49.1 Å². The van der Waals surface area contributed by atoms with Gasteiger partial charge in [-0.25, -0.2) is 14.6 Å². The van der Waals surface area contributed by atoms with Crippen LogP contribution in [0.5, 0.6) is 0 Å². The van der Waals surface area contributed by atoms with Gasteiger partial charge in [0.05, 0.1) is 17.8 Å². The van der Waals surface area contributed by atoms with Gasteiger partial charge in [0.15, 0.2) is 0 Å². The van der Waals surface area contributed by atoms with Crippen LogP contribution in [0.25, 0.3) is 0 Å². The van der Waals surface area contributed by atoms with Crippen molar-refractivity contribution < 1.29 is 5.11 Å². The van der Waals surface area contributed by atoms with Crippen molar-refractivity contribution in [3.05, 3.63) is 52.0 Å². The van der Waals surface area contributed by atoms with Gasteiger partial charge in [0.2, 0.25) is 0 Å². The van der Waals surface area contributed by atoms with E-state index in [9.17, 15) is 9.90 Å². The summed E-state index contributed by atoms with van der Waals surface area (Å²) in [5.41, 5.74) is 0.868. The number of aromatic nitrogens is 4. The third-order valence-electron chi connectivity index (χ3n) is 5.89. The van der Waals surface area contributed by atoms with E-state index in [0.29, 0.717) is 24.9 Å². The first-order chi connectivity index (χ1) is 13.0. The van der Waals surface area contributed by atoms with Crippen molar-refractivity contribution in [1.82, 2.24) is 24.6 Å². The zero-order valence-corrected chi connectivity index (χ0v) is 16.0. The highest BCUT2D eigenvalue weighted by Gasteiger charge is 2.47. The molecule has 7 nitrogen and oxygen atoms in total. The van der Waals surface area contributed by atoms with Gasteiger partial charge in [-0.15, -0.1) is 0 Å². The average molecular weight is 369 g/mol. The van der Waals surface area contributed by atoms with Crippen LogP contribution in [0.2, 0.25) is 0 Å². The Labute approximate surface area is 159 Å². The van der Waals surface area contributed by atoms with E-state index in [1.807, 2.05) is 19.3 Å². The van der Waals surface area contributed by atoms with E-state index < -0.39 is 5.60 Å². The molecule has 0 amide bonds. The zero-order chi connectivity index (χ0) is 19.0. The molecule has 2 aliphatic rings. The van der Waals surface area contributed by atoms with Crippen molar-refractivity contribution in [2.24, 2.45) is 0 Å². The third kappa shape index (κ3) is 3.80. The zero-order valence-electron chi connectivity index (χ0n) is 16.0. The minimum atomic E-state index is -0.879. The molecule has 1 N–H and O–H groups in total. The summed E-state index contributed by atoms with van der Waals surface area (Å²) in [6.45, 7) is 4.99. The number of nitrogens with zero attached hydrogens (tertiary/aromatic N) is 5. The minimum absolute atomic E-state index is 0.156. The fourth-order valence-electron chi connectivity index (χ4n) is 4.60. The van der Waals surface area contributed by atoms with Gasteiger partial charge in [-0.1, -0.05) is 6.92 Å². The van der Waals surface area contributed by atoms with Crippen LogP contribution in [-0.2, 0) is 19.5 Å². The van der Waals surface area contributed by atoms with Crippen LogP contribution < -0.4 is 5.56 Å². The average Bonchev–Trinajstić information content (AvgIpc) is 2.89. The summed E-state index contributed by atoms with van der Waals surface area (Å²) in [5, 5.41) is 15.5. The monoisotopic (exact) mass is 369 g/mol. The molecule has 0 spiro atoms. The van der Waals surface area contributed by atoms with Crippen LogP contribution >= 0.6 is 0 Å². The van der Waals surface area contributed by atoms with E-state index in [-0.39, 0.29) is 12.1 Å². The molecule has 2 aromatic heterocycles. The molecule has 2 unspecified atom stereocenters. The SMILES string of the molecule is CCc1ncc(CN2C3CCC2CC(O)(Cn2nc(C)ccc2=O)C3)cn1. The van der Waals surface area contributed by atoms with Crippen LogP contribution in [0.3, 0.4) is 0 Å². The molecule has 0 saturated carbocycles. The number of rotatable bonds is 5. The quantitative estimate of drug-likeness (QED) is 0.859. The maximum absolute atomic E-state index is 12.1. The van der Waals surface area contributed by atoms with Crippen LogP contribution in [0.4, 0.5) is 0 Å². The molecular weight excluding hydrogens is 342 g/mol. The maximum Gasteiger partial charge on any atom is 0.266 e. The summed E-state index contributed by atoms with van der Waals surface area (Å²) in [4.78, 5) is 23.4. The fourth-order valence-corrected chi connectivity index (χ4v) is 4.60. The van der Waals surface area contributed by atoms with E-state index in [1.165, 1.54) is 10.7 Å². The molecule has 2 bridgehead atoms. The van der Waals surface area contributed by atoms with Gasteiger partial charge in [-0.2, -0.15) is 5.10 Å². The van der Waals surface area contributed by atoms with Crippen molar-refractivity contribution in [1.29, 1.82) is 0 Å². The molecule has 0 radical (unpaired) electrons. The predicted molar refractivity (Wildman–Crippen MR) is 101 cm³/mol. The van der Waals surface area contributed by atoms with Gasteiger partial charge in [-0.3, -0.25) is 9.69 Å². The second-order valence-corrected chi connectivity index (χ2v) is 8.02. The van der Waals surface area contributed by atoms with Gasteiger partial charge in [0.1, 0.15) is 5.82 Å². The highest BCUT2D eigenvalue weighted by atomic mass is 16.3. The largest absolute Gasteiger partial charge is 0.388 e. The van der Waals surface area contributed by atoms with Crippen LogP contribution in [-0.4, -0.2) is 47.4 Å². The highest BCUT2D eigenvalue weighted by Crippen LogP contribution is 2.42. The maximum atomic E-state index is 12.1. The standard InChI is InChI=1S/C20H27N5O2/c1-3-18-21-10-15(11-22-18)12-24-16-5-6-17(24)9-20(27,8-16)13-25-19(26)7-4-14(2)23-25/h4,7,10-11,16-17,27H,3,5-6,8-9,12-13H2,1-2H3. The third-order valence-corrected chi connectivity index (χ3v) is 5.89. The lowest BCUT2D eigenvalue weighted by Gasteiger charge is -2.43. The lowest BCUT2D eigenvalue weighted by atomic mass is 9.85. The Morgan fingerprint density at radius 3 is 2.48 bits per heavy atom. The predicted octanol–water partition coefficient (Wildman–Crippen LogP) is 1.46. The summed E-state index contributed by atoms with van der Waals surface area (Å²) in [6, 6.07) is 3.87.